The third-order valence-electron chi connectivity index (χ3n) is 5.30. The van der Waals surface area contributed by atoms with Crippen molar-refractivity contribution in [2.75, 3.05) is 20.3 Å². The molecule has 124 valence electrons. The monoisotopic (exact) mass is 307 g/mol. The van der Waals surface area contributed by atoms with Crippen LogP contribution in [0.5, 0.6) is 0 Å². The van der Waals surface area contributed by atoms with E-state index in [0.29, 0.717) is 24.1 Å². The largest absolute Gasteiger partial charge is 0.381 e. The molecular weight excluding hydrogens is 278 g/mol. The molecule has 3 rings (SSSR count). The van der Waals surface area contributed by atoms with Crippen LogP contribution in [0.3, 0.4) is 0 Å². The predicted octanol–water partition coefficient (Wildman–Crippen LogP) is 2.44. The van der Waals surface area contributed by atoms with Crippen LogP contribution >= 0.6 is 0 Å². The maximum absolute atomic E-state index is 5.54. The molecule has 2 fully saturated rings. The Kier molecular flexibility index (Phi) is 5.50. The smallest absolute Gasteiger partial charge is 0.125 e. The number of rotatable bonds is 5. The Balaban J connectivity index is 1.67. The molecule has 1 saturated heterocycles. The predicted molar refractivity (Wildman–Crippen MR) is 85.7 cm³/mol. The standard InChI is InChI=1S/C17H29N3O2/c1-20-10-9-18-17(20)16(13-7-11-22-12-8-13)19-14-3-5-15(21-2)6-4-14/h9-10,13-16,19H,3-8,11-12H2,1-2H3/t14?,15?,16-/m0/s1. The van der Waals surface area contributed by atoms with E-state index < -0.39 is 0 Å². The van der Waals surface area contributed by atoms with E-state index in [9.17, 15) is 0 Å². The molecular formula is C17H29N3O2. The van der Waals surface area contributed by atoms with Crippen molar-refractivity contribution in [3.63, 3.8) is 0 Å². The summed E-state index contributed by atoms with van der Waals surface area (Å²) >= 11 is 0. The van der Waals surface area contributed by atoms with Crippen LogP contribution < -0.4 is 5.32 Å². The third-order valence-corrected chi connectivity index (χ3v) is 5.30. The number of nitrogens with zero attached hydrogens (tertiary/aromatic N) is 2. The maximum atomic E-state index is 5.54. The molecule has 22 heavy (non-hydrogen) atoms. The molecule has 1 aliphatic carbocycles. The Morgan fingerprint density at radius 3 is 2.55 bits per heavy atom. The summed E-state index contributed by atoms with van der Waals surface area (Å²) in [4.78, 5) is 4.62. The van der Waals surface area contributed by atoms with Crippen LogP contribution in [0.25, 0.3) is 0 Å². The summed E-state index contributed by atoms with van der Waals surface area (Å²) in [6.07, 6.45) is 11.4. The highest BCUT2D eigenvalue weighted by Crippen LogP contribution is 2.31. The topological polar surface area (TPSA) is 48.3 Å². The molecule has 0 amide bonds. The summed E-state index contributed by atoms with van der Waals surface area (Å²) in [5, 5.41) is 3.92. The van der Waals surface area contributed by atoms with Crippen LogP contribution in [0.2, 0.25) is 0 Å². The number of aryl methyl sites for hydroxylation is 1. The minimum absolute atomic E-state index is 0.341. The SMILES string of the molecule is COC1CCC(N[C@H](c2nccn2C)C2CCOCC2)CC1. The number of aromatic nitrogens is 2. The first-order chi connectivity index (χ1) is 10.8. The molecule has 5 heteroatoms. The minimum Gasteiger partial charge on any atom is -0.381 e. The molecule has 0 spiro atoms. The number of ether oxygens (including phenoxy) is 2. The lowest BCUT2D eigenvalue weighted by molar-refractivity contribution is 0.0407. The normalized spacial score (nSPS) is 28.6. The van der Waals surface area contributed by atoms with E-state index in [2.05, 4.69) is 21.9 Å². The summed E-state index contributed by atoms with van der Waals surface area (Å²) in [7, 11) is 3.93. The molecule has 1 aromatic rings. The van der Waals surface area contributed by atoms with Crippen molar-refractivity contribution >= 4 is 0 Å². The molecule has 1 atom stereocenters. The Morgan fingerprint density at radius 1 is 1.23 bits per heavy atom. The van der Waals surface area contributed by atoms with Crippen LogP contribution in [-0.2, 0) is 16.5 Å². The molecule has 5 nitrogen and oxygen atoms in total. The van der Waals surface area contributed by atoms with Gasteiger partial charge < -0.3 is 19.4 Å². The van der Waals surface area contributed by atoms with Crippen molar-refractivity contribution in [1.29, 1.82) is 0 Å². The van der Waals surface area contributed by atoms with Gasteiger partial charge in [-0.25, -0.2) is 4.98 Å². The van der Waals surface area contributed by atoms with Gasteiger partial charge in [0, 0.05) is 45.8 Å². The highest BCUT2D eigenvalue weighted by atomic mass is 16.5. The molecule has 1 N–H and O–H groups in total. The van der Waals surface area contributed by atoms with Gasteiger partial charge in [0.15, 0.2) is 0 Å². The van der Waals surface area contributed by atoms with Gasteiger partial charge in [-0.2, -0.15) is 0 Å². The molecule has 0 bridgehead atoms. The van der Waals surface area contributed by atoms with Crippen LogP contribution in [0.15, 0.2) is 12.4 Å². The minimum atomic E-state index is 0.341. The molecule has 0 aromatic carbocycles. The highest BCUT2D eigenvalue weighted by Gasteiger charge is 2.31. The van der Waals surface area contributed by atoms with Gasteiger partial charge in [-0.15, -0.1) is 0 Å². The van der Waals surface area contributed by atoms with Crippen LogP contribution in [0.1, 0.15) is 50.4 Å². The van der Waals surface area contributed by atoms with E-state index in [1.165, 1.54) is 18.7 Å². The first-order valence-electron chi connectivity index (χ1n) is 8.61. The number of methoxy groups -OCH3 is 1. The van der Waals surface area contributed by atoms with Crippen molar-refractivity contribution in [3.8, 4) is 0 Å². The zero-order valence-corrected chi connectivity index (χ0v) is 13.8. The Morgan fingerprint density at radius 2 is 1.95 bits per heavy atom. The molecule has 1 aliphatic heterocycles. The van der Waals surface area contributed by atoms with E-state index in [0.717, 1.165) is 38.9 Å². The fourth-order valence-corrected chi connectivity index (χ4v) is 3.87. The number of hydrogen-bond acceptors (Lipinski definition) is 4. The molecule has 1 saturated carbocycles. The van der Waals surface area contributed by atoms with Crippen molar-refractivity contribution in [2.45, 2.75) is 56.7 Å². The lowest BCUT2D eigenvalue weighted by Gasteiger charge is -2.36. The van der Waals surface area contributed by atoms with Gasteiger partial charge in [0.1, 0.15) is 5.82 Å². The van der Waals surface area contributed by atoms with Gasteiger partial charge in [0.05, 0.1) is 12.1 Å². The fourth-order valence-electron chi connectivity index (χ4n) is 3.87. The summed E-state index contributed by atoms with van der Waals surface area (Å²) < 4.78 is 13.2. The second-order valence-corrected chi connectivity index (χ2v) is 6.70. The summed E-state index contributed by atoms with van der Waals surface area (Å²) in [5.41, 5.74) is 0. The third kappa shape index (κ3) is 3.70. The van der Waals surface area contributed by atoms with Crippen LogP contribution in [0, 0.1) is 5.92 Å². The van der Waals surface area contributed by atoms with Gasteiger partial charge >= 0.3 is 0 Å². The molecule has 0 radical (unpaired) electrons. The number of nitrogens with one attached hydrogen (secondary N) is 1. The Labute approximate surface area is 133 Å². The lowest BCUT2D eigenvalue weighted by Crippen LogP contribution is -2.42. The maximum Gasteiger partial charge on any atom is 0.125 e. The van der Waals surface area contributed by atoms with E-state index in [4.69, 9.17) is 9.47 Å². The summed E-state index contributed by atoms with van der Waals surface area (Å²) in [6, 6.07) is 0.920. The van der Waals surface area contributed by atoms with Crippen molar-refractivity contribution in [1.82, 2.24) is 14.9 Å². The molecule has 1 aromatic heterocycles. The first-order valence-corrected chi connectivity index (χ1v) is 8.61. The van der Waals surface area contributed by atoms with Crippen molar-refractivity contribution in [2.24, 2.45) is 13.0 Å². The average molecular weight is 307 g/mol. The zero-order chi connectivity index (χ0) is 15.4. The summed E-state index contributed by atoms with van der Waals surface area (Å²) in [5.74, 6) is 1.79. The van der Waals surface area contributed by atoms with Crippen LogP contribution in [0.4, 0.5) is 0 Å². The average Bonchev–Trinajstić information content (AvgIpc) is 3.00. The van der Waals surface area contributed by atoms with Gasteiger partial charge in [-0.05, 0) is 44.4 Å². The fraction of sp³-hybridized carbons (Fsp3) is 0.824. The second kappa shape index (κ2) is 7.57. The first kappa shape index (κ1) is 16.0. The van der Waals surface area contributed by atoms with E-state index in [1.54, 1.807) is 0 Å². The van der Waals surface area contributed by atoms with E-state index in [-0.39, 0.29) is 0 Å². The quantitative estimate of drug-likeness (QED) is 0.907. The van der Waals surface area contributed by atoms with E-state index in [1.807, 2.05) is 19.5 Å². The van der Waals surface area contributed by atoms with Gasteiger partial charge in [0.25, 0.3) is 0 Å². The lowest BCUT2D eigenvalue weighted by atomic mass is 9.87. The van der Waals surface area contributed by atoms with Crippen molar-refractivity contribution in [3.05, 3.63) is 18.2 Å². The number of hydrogen-bond donors (Lipinski definition) is 1. The molecule has 2 aliphatic rings. The van der Waals surface area contributed by atoms with Gasteiger partial charge in [-0.3, -0.25) is 0 Å². The second-order valence-electron chi connectivity index (χ2n) is 6.70. The van der Waals surface area contributed by atoms with E-state index >= 15 is 0 Å². The van der Waals surface area contributed by atoms with Crippen LogP contribution in [-0.4, -0.2) is 42.0 Å². The molecule has 0 unspecified atom stereocenters. The summed E-state index contributed by atoms with van der Waals surface area (Å²) in [6.45, 7) is 1.76. The van der Waals surface area contributed by atoms with Gasteiger partial charge in [-0.1, -0.05) is 0 Å². The number of imidazole rings is 1. The Bertz CT molecular complexity index is 449. The van der Waals surface area contributed by atoms with Crippen molar-refractivity contribution < 1.29 is 9.47 Å². The highest BCUT2D eigenvalue weighted by molar-refractivity contribution is 5.03. The Hall–Kier alpha value is -0.910. The van der Waals surface area contributed by atoms with Gasteiger partial charge in [0.2, 0.25) is 0 Å². The zero-order valence-electron chi connectivity index (χ0n) is 13.8. The molecule has 2 heterocycles.